The van der Waals surface area contributed by atoms with E-state index in [-0.39, 0.29) is 11.8 Å². The fourth-order valence-corrected chi connectivity index (χ4v) is 4.56. The molecule has 2 aliphatic rings. The molecule has 2 aliphatic heterocycles. The van der Waals surface area contributed by atoms with Crippen molar-refractivity contribution < 1.29 is 9.13 Å². The Morgan fingerprint density at radius 2 is 1.89 bits per heavy atom. The lowest BCUT2D eigenvalue weighted by Crippen LogP contribution is -2.43. The fourth-order valence-electron chi connectivity index (χ4n) is 4.25. The van der Waals surface area contributed by atoms with Crippen molar-refractivity contribution >= 4 is 46.6 Å². The molecule has 0 spiro atoms. The lowest BCUT2D eigenvalue weighted by atomic mass is 10.1. The number of ether oxygens (including phenoxy) is 1. The minimum Gasteiger partial charge on any atom is -0.378 e. The first kappa shape index (κ1) is 25.1. The zero-order valence-corrected chi connectivity index (χ0v) is 21.3. The molecule has 0 unspecified atom stereocenters. The third-order valence-corrected chi connectivity index (χ3v) is 6.51. The average molecular weight is 526 g/mol. The molecule has 1 aromatic carbocycles. The van der Waals surface area contributed by atoms with Gasteiger partial charge < -0.3 is 25.2 Å². The summed E-state index contributed by atoms with van der Waals surface area (Å²) in [5.41, 5.74) is 7.23. The Morgan fingerprint density at radius 3 is 2.62 bits per heavy atom. The predicted octanol–water partition coefficient (Wildman–Crippen LogP) is 3.41. The van der Waals surface area contributed by atoms with Crippen LogP contribution in [0.1, 0.15) is 11.3 Å². The number of nitrogens with one attached hydrogen (secondary N) is 3. The van der Waals surface area contributed by atoms with Gasteiger partial charge in [-0.15, -0.1) is 0 Å². The molecule has 2 fully saturated rings. The largest absolute Gasteiger partial charge is 0.378 e. The first-order valence-electron chi connectivity index (χ1n) is 12.2. The lowest BCUT2D eigenvalue weighted by molar-refractivity contribution is 0.122. The van der Waals surface area contributed by atoms with Crippen molar-refractivity contribution in [1.82, 2.24) is 20.3 Å². The maximum Gasteiger partial charge on any atom is 0.245 e. The summed E-state index contributed by atoms with van der Waals surface area (Å²) in [6, 6.07) is 7.89. The van der Waals surface area contributed by atoms with Crippen LogP contribution in [0.3, 0.4) is 0 Å². The van der Waals surface area contributed by atoms with Crippen LogP contribution in [0.15, 0.2) is 41.8 Å². The Kier molecular flexibility index (Phi) is 7.93. The zero-order valence-electron chi connectivity index (χ0n) is 20.5. The Labute approximate surface area is 219 Å². The second kappa shape index (κ2) is 11.7. The number of benzene rings is 1. The molecule has 4 heterocycles. The molecule has 0 bridgehead atoms. The topological polar surface area (TPSA) is 103 Å². The van der Waals surface area contributed by atoms with Gasteiger partial charge in [0.2, 0.25) is 5.95 Å². The Hall–Kier alpha value is -3.54. The van der Waals surface area contributed by atoms with Crippen LogP contribution in [0.4, 0.5) is 33.2 Å². The normalized spacial score (nSPS) is 16.3. The van der Waals surface area contributed by atoms with Crippen molar-refractivity contribution in [2.75, 3.05) is 73.0 Å². The highest BCUT2D eigenvalue weighted by Gasteiger charge is 2.18. The van der Waals surface area contributed by atoms with Crippen molar-refractivity contribution in [2.45, 2.75) is 6.92 Å². The first-order chi connectivity index (χ1) is 18.1. The molecule has 12 heteroatoms. The number of halogens is 2. The number of aryl methyl sites for hydroxylation is 1. The van der Waals surface area contributed by atoms with Crippen LogP contribution in [-0.2, 0) is 4.74 Å². The summed E-state index contributed by atoms with van der Waals surface area (Å²) < 4.78 is 19.5. The van der Waals surface area contributed by atoms with E-state index in [9.17, 15) is 4.39 Å². The number of hydrogen-bond acceptors (Lipinski definition) is 10. The Bertz CT molecular complexity index is 1220. The molecule has 10 nitrogen and oxygen atoms in total. The summed E-state index contributed by atoms with van der Waals surface area (Å²) in [5.74, 6) is -0.0405. The average Bonchev–Trinajstić information content (AvgIpc) is 2.93. The third-order valence-electron chi connectivity index (χ3n) is 6.21. The standard InChI is InChI=1S/C25H29ClFN9O/c1-17-12-20(35-6-4-28-5-7-35)13-21(26)23(17)32-19-3-2-18(29-14-19)15-31-34-25-30-16-22(27)24(33-25)36-8-10-37-11-9-36/h2-3,12-16,28,32H,4-11H2,1H3,(H,30,33,34)/b31-15+. The lowest BCUT2D eigenvalue weighted by Gasteiger charge is -2.30. The molecule has 37 heavy (non-hydrogen) atoms. The van der Waals surface area contributed by atoms with Crippen LogP contribution in [0.2, 0.25) is 5.02 Å². The molecule has 3 aromatic rings. The van der Waals surface area contributed by atoms with Gasteiger partial charge in [0.15, 0.2) is 11.6 Å². The molecule has 194 valence electrons. The van der Waals surface area contributed by atoms with E-state index in [0.29, 0.717) is 37.0 Å². The number of morpholine rings is 1. The van der Waals surface area contributed by atoms with Gasteiger partial charge in [-0.25, -0.2) is 14.8 Å². The van der Waals surface area contributed by atoms with Crippen LogP contribution in [0.5, 0.6) is 0 Å². The maximum absolute atomic E-state index is 14.2. The summed E-state index contributed by atoms with van der Waals surface area (Å²) in [7, 11) is 0. The van der Waals surface area contributed by atoms with Crippen molar-refractivity contribution in [2.24, 2.45) is 5.10 Å². The monoisotopic (exact) mass is 525 g/mol. The summed E-state index contributed by atoms with van der Waals surface area (Å²) in [6.07, 6.45) is 4.40. The number of nitrogens with zero attached hydrogens (tertiary/aromatic N) is 6. The van der Waals surface area contributed by atoms with E-state index in [0.717, 1.165) is 55.0 Å². The number of pyridine rings is 1. The molecule has 0 saturated carbocycles. The van der Waals surface area contributed by atoms with Crippen molar-refractivity contribution in [1.29, 1.82) is 0 Å². The van der Waals surface area contributed by atoms with Gasteiger partial charge in [-0.1, -0.05) is 11.6 Å². The van der Waals surface area contributed by atoms with Gasteiger partial charge in [0, 0.05) is 45.0 Å². The van der Waals surface area contributed by atoms with E-state index in [1.165, 1.54) is 0 Å². The van der Waals surface area contributed by atoms with E-state index in [2.05, 4.69) is 47.1 Å². The van der Waals surface area contributed by atoms with Crippen LogP contribution in [0, 0.1) is 12.7 Å². The number of rotatable bonds is 7. The first-order valence-corrected chi connectivity index (χ1v) is 12.6. The predicted molar refractivity (Wildman–Crippen MR) is 145 cm³/mol. The number of anilines is 5. The van der Waals surface area contributed by atoms with Crippen molar-refractivity contribution in [3.05, 3.63) is 58.8 Å². The number of aromatic nitrogens is 3. The van der Waals surface area contributed by atoms with Gasteiger partial charge in [0.25, 0.3) is 0 Å². The molecule has 0 radical (unpaired) electrons. The minimum absolute atomic E-state index is 0.201. The van der Waals surface area contributed by atoms with E-state index in [1.54, 1.807) is 12.4 Å². The summed E-state index contributed by atoms with van der Waals surface area (Å²) in [5, 5.41) is 11.5. The Balaban J connectivity index is 1.20. The van der Waals surface area contributed by atoms with Gasteiger partial charge in [-0.3, -0.25) is 4.98 Å². The van der Waals surface area contributed by atoms with E-state index >= 15 is 0 Å². The second-order valence-corrected chi connectivity index (χ2v) is 9.20. The van der Waals surface area contributed by atoms with Gasteiger partial charge in [0.05, 0.1) is 53.9 Å². The van der Waals surface area contributed by atoms with Crippen LogP contribution >= 0.6 is 11.6 Å². The van der Waals surface area contributed by atoms with E-state index in [4.69, 9.17) is 16.3 Å². The highest BCUT2D eigenvalue weighted by Crippen LogP contribution is 2.33. The van der Waals surface area contributed by atoms with Crippen molar-refractivity contribution in [3.63, 3.8) is 0 Å². The van der Waals surface area contributed by atoms with Crippen LogP contribution < -0.4 is 25.9 Å². The molecular weight excluding hydrogens is 497 g/mol. The SMILES string of the molecule is Cc1cc(N2CCNCC2)cc(Cl)c1Nc1ccc(/C=N/Nc2ncc(F)c(N3CCOCC3)n2)nc1. The molecule has 3 N–H and O–H groups in total. The molecule has 2 saturated heterocycles. The highest BCUT2D eigenvalue weighted by atomic mass is 35.5. The van der Waals surface area contributed by atoms with Gasteiger partial charge >= 0.3 is 0 Å². The van der Waals surface area contributed by atoms with E-state index in [1.807, 2.05) is 30.0 Å². The zero-order chi connectivity index (χ0) is 25.6. The number of hydrazone groups is 1. The summed E-state index contributed by atoms with van der Waals surface area (Å²) in [6.45, 7) is 8.14. The second-order valence-electron chi connectivity index (χ2n) is 8.79. The van der Waals surface area contributed by atoms with Crippen LogP contribution in [0.25, 0.3) is 0 Å². The summed E-state index contributed by atoms with van der Waals surface area (Å²) in [4.78, 5) is 16.8. The van der Waals surface area contributed by atoms with E-state index < -0.39 is 5.82 Å². The quantitative estimate of drug-likeness (QED) is 0.316. The molecular formula is C25H29ClFN9O. The third kappa shape index (κ3) is 6.24. The fraction of sp³-hybridized carbons (Fsp3) is 0.360. The maximum atomic E-state index is 14.2. The smallest absolute Gasteiger partial charge is 0.245 e. The van der Waals surface area contributed by atoms with Crippen LogP contribution in [-0.4, -0.2) is 73.6 Å². The number of piperazine rings is 1. The van der Waals surface area contributed by atoms with Gasteiger partial charge in [-0.2, -0.15) is 10.1 Å². The molecule has 0 atom stereocenters. The molecule has 0 amide bonds. The summed E-state index contributed by atoms with van der Waals surface area (Å²) >= 11 is 6.63. The minimum atomic E-state index is -0.477. The molecule has 2 aromatic heterocycles. The molecule has 0 aliphatic carbocycles. The molecule has 5 rings (SSSR count). The van der Waals surface area contributed by atoms with Gasteiger partial charge in [0.1, 0.15) is 0 Å². The van der Waals surface area contributed by atoms with Gasteiger partial charge in [-0.05, 0) is 36.8 Å². The highest BCUT2D eigenvalue weighted by molar-refractivity contribution is 6.33. The Morgan fingerprint density at radius 1 is 1.08 bits per heavy atom. The van der Waals surface area contributed by atoms with Crippen molar-refractivity contribution in [3.8, 4) is 0 Å². The number of hydrogen-bond donors (Lipinski definition) is 3.